The van der Waals surface area contributed by atoms with Crippen molar-refractivity contribution in [3.05, 3.63) is 21.0 Å². The minimum atomic E-state index is -4.79. The van der Waals surface area contributed by atoms with Crippen LogP contribution in [0.25, 0.3) is 0 Å². The summed E-state index contributed by atoms with van der Waals surface area (Å²) in [7, 11) is 1.16. The van der Waals surface area contributed by atoms with Gasteiger partial charge < -0.3 is 9.47 Å². The van der Waals surface area contributed by atoms with Gasteiger partial charge in [-0.05, 0) is 35.1 Å². The summed E-state index contributed by atoms with van der Waals surface area (Å²) in [5, 5.41) is 0. The topological polar surface area (TPSA) is 48.4 Å². The number of rotatable bonds is 2. The molecule has 1 aromatic rings. The van der Waals surface area contributed by atoms with E-state index >= 15 is 0 Å². The van der Waals surface area contributed by atoms with Crippen LogP contribution in [-0.2, 0) is 4.74 Å². The summed E-state index contributed by atoms with van der Waals surface area (Å²) in [6, 6.07) is 0. The number of carbonyl (C=O) groups is 1. The van der Waals surface area contributed by atoms with Crippen LogP contribution >= 0.6 is 22.6 Å². The maximum atomic E-state index is 12.0. The molecule has 0 amide bonds. The zero-order chi connectivity index (χ0) is 13.2. The number of pyridine rings is 1. The van der Waals surface area contributed by atoms with Crippen LogP contribution in [0.1, 0.15) is 16.1 Å². The molecule has 1 heterocycles. The SMILES string of the molecule is COC(=O)c1ncc(OC(F)(F)F)c(I)c1C. The second kappa shape index (κ2) is 5.07. The Morgan fingerprint density at radius 3 is 2.53 bits per heavy atom. The van der Waals surface area contributed by atoms with Gasteiger partial charge >= 0.3 is 12.3 Å². The van der Waals surface area contributed by atoms with Gasteiger partial charge in [0.1, 0.15) is 0 Å². The largest absolute Gasteiger partial charge is 0.573 e. The maximum Gasteiger partial charge on any atom is 0.573 e. The van der Waals surface area contributed by atoms with E-state index in [0.29, 0.717) is 0 Å². The van der Waals surface area contributed by atoms with Crippen LogP contribution < -0.4 is 4.74 Å². The highest BCUT2D eigenvalue weighted by molar-refractivity contribution is 14.1. The van der Waals surface area contributed by atoms with E-state index < -0.39 is 18.1 Å². The van der Waals surface area contributed by atoms with Crippen LogP contribution in [0, 0.1) is 10.5 Å². The van der Waals surface area contributed by atoms with E-state index in [2.05, 4.69) is 14.5 Å². The Morgan fingerprint density at radius 1 is 1.47 bits per heavy atom. The Bertz CT molecular complexity index is 448. The molecule has 0 atom stereocenters. The Hall–Kier alpha value is -1.06. The molecule has 0 N–H and O–H groups in total. The van der Waals surface area contributed by atoms with Gasteiger partial charge in [-0.15, -0.1) is 13.2 Å². The van der Waals surface area contributed by atoms with Crippen molar-refractivity contribution in [3.63, 3.8) is 0 Å². The first kappa shape index (κ1) is 14.0. The molecule has 0 radical (unpaired) electrons. The van der Waals surface area contributed by atoms with Gasteiger partial charge in [0.2, 0.25) is 0 Å². The van der Waals surface area contributed by atoms with Crippen LogP contribution in [0.2, 0.25) is 0 Å². The average Bonchev–Trinajstić information content (AvgIpc) is 2.22. The van der Waals surface area contributed by atoms with E-state index in [0.717, 1.165) is 13.3 Å². The monoisotopic (exact) mass is 361 g/mol. The van der Waals surface area contributed by atoms with Gasteiger partial charge in [0.05, 0.1) is 16.9 Å². The molecule has 0 aliphatic carbocycles. The summed E-state index contributed by atoms with van der Waals surface area (Å²) < 4.78 is 44.5. The molecular weight excluding hydrogens is 354 g/mol. The van der Waals surface area contributed by atoms with Crippen molar-refractivity contribution >= 4 is 28.6 Å². The zero-order valence-corrected chi connectivity index (χ0v) is 10.9. The van der Waals surface area contributed by atoms with Gasteiger partial charge in [0.15, 0.2) is 11.4 Å². The van der Waals surface area contributed by atoms with Crippen molar-refractivity contribution < 1.29 is 27.4 Å². The van der Waals surface area contributed by atoms with Crippen LogP contribution in [-0.4, -0.2) is 24.4 Å². The molecule has 1 rings (SSSR count). The number of esters is 1. The fourth-order valence-electron chi connectivity index (χ4n) is 1.06. The van der Waals surface area contributed by atoms with Gasteiger partial charge in [0, 0.05) is 0 Å². The van der Waals surface area contributed by atoms with E-state index in [4.69, 9.17) is 0 Å². The van der Waals surface area contributed by atoms with Gasteiger partial charge in [-0.3, -0.25) is 0 Å². The predicted octanol–water partition coefficient (Wildman–Crippen LogP) is 2.68. The van der Waals surface area contributed by atoms with Crippen molar-refractivity contribution in [2.24, 2.45) is 0 Å². The number of aromatic nitrogens is 1. The summed E-state index contributed by atoms with van der Waals surface area (Å²) in [6.07, 6.45) is -3.95. The Labute approximate surface area is 108 Å². The number of ether oxygens (including phenoxy) is 2. The number of hydrogen-bond donors (Lipinski definition) is 0. The summed E-state index contributed by atoms with van der Waals surface area (Å²) in [4.78, 5) is 14.8. The Morgan fingerprint density at radius 2 is 2.06 bits per heavy atom. The fourth-order valence-corrected chi connectivity index (χ4v) is 1.57. The summed E-state index contributed by atoms with van der Waals surface area (Å²) >= 11 is 1.65. The van der Waals surface area contributed by atoms with E-state index in [-0.39, 0.29) is 14.8 Å². The summed E-state index contributed by atoms with van der Waals surface area (Å²) in [5.41, 5.74) is 0.241. The lowest BCUT2D eigenvalue weighted by Crippen LogP contribution is -2.19. The van der Waals surface area contributed by atoms with Crippen molar-refractivity contribution in [1.82, 2.24) is 4.98 Å². The third-order valence-corrected chi connectivity index (χ3v) is 3.16. The quantitative estimate of drug-likeness (QED) is 0.601. The van der Waals surface area contributed by atoms with Gasteiger partial charge in [0.25, 0.3) is 0 Å². The zero-order valence-electron chi connectivity index (χ0n) is 8.76. The molecule has 8 heteroatoms. The minimum absolute atomic E-state index is 0.0357. The van der Waals surface area contributed by atoms with E-state index in [1.165, 1.54) is 6.92 Å². The first-order valence-corrected chi connectivity index (χ1v) is 5.33. The first-order valence-electron chi connectivity index (χ1n) is 4.25. The number of halogens is 4. The fraction of sp³-hybridized carbons (Fsp3) is 0.333. The molecule has 1 aromatic heterocycles. The number of nitrogens with zero attached hydrogens (tertiary/aromatic N) is 1. The molecule has 0 aliphatic heterocycles. The second-order valence-electron chi connectivity index (χ2n) is 2.95. The summed E-state index contributed by atoms with van der Waals surface area (Å²) in [6.45, 7) is 1.46. The highest BCUT2D eigenvalue weighted by Crippen LogP contribution is 2.30. The number of hydrogen-bond acceptors (Lipinski definition) is 4. The third-order valence-electron chi connectivity index (χ3n) is 1.82. The molecule has 0 unspecified atom stereocenters. The standard InChI is InChI=1S/C9H7F3INO3/c1-4-6(13)5(17-9(10,11)12)3-14-7(4)8(15)16-2/h3H,1-2H3. The van der Waals surface area contributed by atoms with Crippen molar-refractivity contribution in [2.75, 3.05) is 7.11 Å². The van der Waals surface area contributed by atoms with Gasteiger partial charge in [-0.25, -0.2) is 9.78 Å². The third kappa shape index (κ3) is 3.45. The van der Waals surface area contributed by atoms with E-state index in [1.54, 1.807) is 22.6 Å². The van der Waals surface area contributed by atoms with Crippen LogP contribution in [0.4, 0.5) is 13.2 Å². The average molecular weight is 361 g/mol. The highest BCUT2D eigenvalue weighted by Gasteiger charge is 2.33. The minimum Gasteiger partial charge on any atom is -0.464 e. The molecule has 0 aromatic carbocycles. The molecule has 4 nitrogen and oxygen atoms in total. The van der Waals surface area contributed by atoms with Gasteiger partial charge in [-0.2, -0.15) is 0 Å². The molecule has 0 spiro atoms. The molecule has 0 bridgehead atoms. The lowest BCUT2D eigenvalue weighted by Gasteiger charge is -2.12. The molecular formula is C9H7F3INO3. The lowest BCUT2D eigenvalue weighted by atomic mass is 10.2. The van der Waals surface area contributed by atoms with E-state index in [1.807, 2.05) is 0 Å². The molecule has 0 saturated carbocycles. The Kier molecular flexibility index (Phi) is 4.17. The normalized spacial score (nSPS) is 11.2. The molecule has 0 saturated heterocycles. The molecule has 0 fully saturated rings. The maximum absolute atomic E-state index is 12.0. The van der Waals surface area contributed by atoms with Gasteiger partial charge in [-0.1, -0.05) is 0 Å². The Balaban J connectivity index is 3.15. The highest BCUT2D eigenvalue weighted by atomic mass is 127. The molecule has 17 heavy (non-hydrogen) atoms. The van der Waals surface area contributed by atoms with Crippen molar-refractivity contribution in [2.45, 2.75) is 13.3 Å². The first-order chi connectivity index (χ1) is 7.76. The number of alkyl halides is 3. The smallest absolute Gasteiger partial charge is 0.464 e. The van der Waals surface area contributed by atoms with Crippen molar-refractivity contribution in [1.29, 1.82) is 0 Å². The van der Waals surface area contributed by atoms with Crippen LogP contribution in [0.3, 0.4) is 0 Å². The summed E-state index contributed by atoms with van der Waals surface area (Å²) in [5.74, 6) is -1.15. The molecule has 94 valence electrons. The van der Waals surface area contributed by atoms with Crippen LogP contribution in [0.15, 0.2) is 6.20 Å². The predicted molar refractivity (Wildman–Crippen MR) is 59.7 cm³/mol. The number of methoxy groups -OCH3 is 1. The molecule has 0 aliphatic rings. The van der Waals surface area contributed by atoms with E-state index in [9.17, 15) is 18.0 Å². The van der Waals surface area contributed by atoms with Crippen LogP contribution in [0.5, 0.6) is 5.75 Å². The van der Waals surface area contributed by atoms with Crippen molar-refractivity contribution in [3.8, 4) is 5.75 Å². The second-order valence-corrected chi connectivity index (χ2v) is 4.03. The lowest BCUT2D eigenvalue weighted by molar-refractivity contribution is -0.275. The number of carbonyl (C=O) groups excluding carboxylic acids is 1.